The van der Waals surface area contributed by atoms with Crippen LogP contribution in [-0.4, -0.2) is 41.8 Å². The van der Waals surface area contributed by atoms with Crippen molar-refractivity contribution in [2.45, 2.75) is 65.1 Å². The molecule has 17 heavy (non-hydrogen) atoms. The van der Waals surface area contributed by atoms with E-state index in [0.717, 1.165) is 13.1 Å². The Kier molecular flexibility index (Phi) is 4.80. The molecule has 1 saturated heterocycles. The van der Waals surface area contributed by atoms with E-state index in [-0.39, 0.29) is 12.1 Å². The number of nitrogens with one attached hydrogen (secondary N) is 1. The maximum Gasteiger partial charge on any atom is 0.407 e. The molecule has 1 aliphatic rings. The Hall–Kier alpha value is -0.770. The van der Waals surface area contributed by atoms with Gasteiger partial charge in [-0.15, -0.1) is 0 Å². The standard InChI is InChI=1S/C13H26N2O2/c1-10(9-15-8-6-7-11(15)2)14-12(16)17-13(3,4)5/h10-11H,6-9H2,1-5H3,(H,14,16)/t10?,11-/m0/s1. The van der Waals surface area contributed by atoms with E-state index in [1.165, 1.54) is 12.8 Å². The van der Waals surface area contributed by atoms with Gasteiger partial charge in [0.1, 0.15) is 5.60 Å². The van der Waals surface area contributed by atoms with E-state index >= 15 is 0 Å². The first kappa shape index (κ1) is 14.3. The molecule has 0 aromatic rings. The van der Waals surface area contributed by atoms with Crippen molar-refractivity contribution in [3.05, 3.63) is 0 Å². The van der Waals surface area contributed by atoms with Gasteiger partial charge >= 0.3 is 6.09 Å². The Labute approximate surface area is 105 Å². The van der Waals surface area contributed by atoms with Crippen LogP contribution in [0.25, 0.3) is 0 Å². The monoisotopic (exact) mass is 242 g/mol. The predicted octanol–water partition coefficient (Wildman–Crippen LogP) is 2.38. The Bertz CT molecular complexity index is 261. The molecule has 0 radical (unpaired) electrons. The van der Waals surface area contributed by atoms with Gasteiger partial charge < -0.3 is 10.1 Å². The van der Waals surface area contributed by atoms with Crippen LogP contribution in [0.15, 0.2) is 0 Å². The molecule has 1 rings (SSSR count). The maximum absolute atomic E-state index is 11.6. The smallest absolute Gasteiger partial charge is 0.407 e. The largest absolute Gasteiger partial charge is 0.444 e. The molecule has 1 N–H and O–H groups in total. The average Bonchev–Trinajstić information content (AvgIpc) is 2.47. The van der Waals surface area contributed by atoms with Gasteiger partial charge in [-0.1, -0.05) is 0 Å². The Morgan fingerprint density at radius 2 is 2.18 bits per heavy atom. The zero-order chi connectivity index (χ0) is 13.1. The summed E-state index contributed by atoms with van der Waals surface area (Å²) in [4.78, 5) is 14.0. The molecule has 0 spiro atoms. The van der Waals surface area contributed by atoms with Crippen LogP contribution in [0.5, 0.6) is 0 Å². The van der Waals surface area contributed by atoms with Gasteiger partial charge in [-0.05, 0) is 54.0 Å². The fourth-order valence-electron chi connectivity index (χ4n) is 2.17. The van der Waals surface area contributed by atoms with E-state index in [0.29, 0.717) is 6.04 Å². The molecule has 0 aromatic carbocycles. The lowest BCUT2D eigenvalue weighted by Crippen LogP contribution is -2.44. The number of rotatable bonds is 3. The lowest BCUT2D eigenvalue weighted by molar-refractivity contribution is 0.0496. The molecular weight excluding hydrogens is 216 g/mol. The van der Waals surface area contributed by atoms with Crippen molar-refractivity contribution >= 4 is 6.09 Å². The van der Waals surface area contributed by atoms with Crippen LogP contribution in [0.4, 0.5) is 4.79 Å². The second kappa shape index (κ2) is 5.71. The number of hydrogen-bond acceptors (Lipinski definition) is 3. The van der Waals surface area contributed by atoms with Crippen molar-refractivity contribution in [2.75, 3.05) is 13.1 Å². The molecule has 0 aromatic heterocycles. The molecule has 1 amide bonds. The number of carbonyl (C=O) groups is 1. The van der Waals surface area contributed by atoms with Crippen molar-refractivity contribution in [3.8, 4) is 0 Å². The predicted molar refractivity (Wildman–Crippen MR) is 69.1 cm³/mol. The van der Waals surface area contributed by atoms with Crippen LogP contribution in [0, 0.1) is 0 Å². The third-order valence-electron chi connectivity index (χ3n) is 2.96. The maximum atomic E-state index is 11.6. The van der Waals surface area contributed by atoms with E-state index in [4.69, 9.17) is 4.74 Å². The summed E-state index contributed by atoms with van der Waals surface area (Å²) in [6, 6.07) is 0.767. The molecule has 4 nitrogen and oxygen atoms in total. The van der Waals surface area contributed by atoms with Crippen molar-refractivity contribution in [1.29, 1.82) is 0 Å². The highest BCUT2D eigenvalue weighted by atomic mass is 16.6. The molecule has 1 unspecified atom stereocenters. The minimum atomic E-state index is -0.426. The number of carbonyl (C=O) groups excluding carboxylic acids is 1. The molecule has 1 heterocycles. The third kappa shape index (κ3) is 5.39. The molecular formula is C13H26N2O2. The fourth-order valence-corrected chi connectivity index (χ4v) is 2.17. The molecule has 100 valence electrons. The number of hydrogen-bond donors (Lipinski definition) is 1. The van der Waals surface area contributed by atoms with Gasteiger partial charge in [-0.2, -0.15) is 0 Å². The summed E-state index contributed by atoms with van der Waals surface area (Å²) < 4.78 is 5.23. The second-order valence-corrected chi connectivity index (χ2v) is 6.03. The van der Waals surface area contributed by atoms with Crippen LogP contribution in [-0.2, 0) is 4.74 Å². The lowest BCUT2D eigenvalue weighted by Gasteiger charge is -2.26. The van der Waals surface area contributed by atoms with Gasteiger partial charge in [-0.3, -0.25) is 4.90 Å². The summed E-state index contributed by atoms with van der Waals surface area (Å²) in [5.74, 6) is 0. The van der Waals surface area contributed by atoms with Crippen LogP contribution >= 0.6 is 0 Å². The zero-order valence-electron chi connectivity index (χ0n) is 11.7. The highest BCUT2D eigenvalue weighted by Gasteiger charge is 2.23. The van der Waals surface area contributed by atoms with E-state index in [1.807, 2.05) is 27.7 Å². The zero-order valence-corrected chi connectivity index (χ0v) is 11.7. The first-order chi connectivity index (χ1) is 7.78. The van der Waals surface area contributed by atoms with Crippen molar-refractivity contribution < 1.29 is 9.53 Å². The number of ether oxygens (including phenoxy) is 1. The third-order valence-corrected chi connectivity index (χ3v) is 2.96. The van der Waals surface area contributed by atoms with Gasteiger partial charge in [0.2, 0.25) is 0 Å². The summed E-state index contributed by atoms with van der Waals surface area (Å²) in [6.45, 7) is 11.9. The molecule has 4 heteroatoms. The van der Waals surface area contributed by atoms with Gasteiger partial charge in [0.15, 0.2) is 0 Å². The van der Waals surface area contributed by atoms with Crippen molar-refractivity contribution in [2.24, 2.45) is 0 Å². The topological polar surface area (TPSA) is 41.6 Å². The second-order valence-electron chi connectivity index (χ2n) is 6.03. The van der Waals surface area contributed by atoms with E-state index in [9.17, 15) is 4.79 Å². The normalized spacial score (nSPS) is 23.5. The van der Waals surface area contributed by atoms with Gasteiger partial charge in [0.25, 0.3) is 0 Å². The van der Waals surface area contributed by atoms with Crippen LogP contribution in [0.1, 0.15) is 47.5 Å². The number of nitrogens with zero attached hydrogens (tertiary/aromatic N) is 1. The minimum absolute atomic E-state index is 0.130. The van der Waals surface area contributed by atoms with Crippen LogP contribution in [0.2, 0.25) is 0 Å². The first-order valence-electron chi connectivity index (χ1n) is 6.51. The summed E-state index contributed by atoms with van der Waals surface area (Å²) in [7, 11) is 0. The van der Waals surface area contributed by atoms with E-state index in [1.54, 1.807) is 0 Å². The van der Waals surface area contributed by atoms with Crippen LogP contribution in [0.3, 0.4) is 0 Å². The Morgan fingerprint density at radius 1 is 1.53 bits per heavy atom. The summed E-state index contributed by atoms with van der Waals surface area (Å²) in [5, 5.41) is 2.88. The minimum Gasteiger partial charge on any atom is -0.444 e. The van der Waals surface area contributed by atoms with E-state index in [2.05, 4.69) is 17.1 Å². The highest BCUT2D eigenvalue weighted by Crippen LogP contribution is 2.16. The molecule has 0 saturated carbocycles. The summed E-state index contributed by atoms with van der Waals surface area (Å²) in [5.41, 5.74) is -0.426. The Balaban J connectivity index is 2.29. The first-order valence-corrected chi connectivity index (χ1v) is 6.51. The Morgan fingerprint density at radius 3 is 2.65 bits per heavy atom. The lowest BCUT2D eigenvalue weighted by atomic mass is 10.2. The average molecular weight is 242 g/mol. The summed E-state index contributed by atoms with van der Waals surface area (Å²) in [6.07, 6.45) is 2.20. The van der Waals surface area contributed by atoms with Crippen molar-refractivity contribution in [3.63, 3.8) is 0 Å². The number of alkyl carbamates (subject to hydrolysis) is 1. The van der Waals surface area contributed by atoms with Gasteiger partial charge in [0, 0.05) is 18.6 Å². The number of amides is 1. The van der Waals surface area contributed by atoms with E-state index < -0.39 is 5.60 Å². The molecule has 0 bridgehead atoms. The van der Waals surface area contributed by atoms with Gasteiger partial charge in [-0.25, -0.2) is 4.79 Å². The highest BCUT2D eigenvalue weighted by molar-refractivity contribution is 5.68. The molecule has 0 aliphatic carbocycles. The fraction of sp³-hybridized carbons (Fsp3) is 0.923. The molecule has 1 fully saturated rings. The van der Waals surface area contributed by atoms with Gasteiger partial charge in [0.05, 0.1) is 0 Å². The molecule has 2 atom stereocenters. The number of likely N-dealkylation sites (tertiary alicyclic amines) is 1. The van der Waals surface area contributed by atoms with Crippen molar-refractivity contribution in [1.82, 2.24) is 10.2 Å². The summed E-state index contributed by atoms with van der Waals surface area (Å²) >= 11 is 0. The quantitative estimate of drug-likeness (QED) is 0.826. The van der Waals surface area contributed by atoms with Crippen LogP contribution < -0.4 is 5.32 Å². The molecule has 1 aliphatic heterocycles. The SMILES string of the molecule is CC(CN1CCC[C@@H]1C)NC(=O)OC(C)(C)C.